The molecule has 1 aromatic heterocycles. The van der Waals surface area contributed by atoms with Gasteiger partial charge in [-0.2, -0.15) is 10.2 Å². The highest BCUT2D eigenvalue weighted by Gasteiger charge is 2.17. The van der Waals surface area contributed by atoms with Gasteiger partial charge in [-0.3, -0.25) is 15.3 Å². The van der Waals surface area contributed by atoms with E-state index in [0.717, 1.165) is 24.2 Å². The maximum atomic E-state index is 12.6. The molecule has 0 atom stereocenters. The van der Waals surface area contributed by atoms with Gasteiger partial charge in [0, 0.05) is 12.2 Å². The number of aromatic amines is 1. The van der Waals surface area contributed by atoms with Crippen molar-refractivity contribution in [1.82, 2.24) is 15.5 Å². The van der Waals surface area contributed by atoms with Crippen molar-refractivity contribution in [3.63, 3.8) is 0 Å². The van der Waals surface area contributed by atoms with Gasteiger partial charge in [0.1, 0.15) is 11.3 Å². The quantitative estimate of drug-likeness (QED) is 0.296. The van der Waals surface area contributed by atoms with Gasteiger partial charge < -0.3 is 10.1 Å². The van der Waals surface area contributed by atoms with E-state index in [4.69, 9.17) is 4.74 Å². The van der Waals surface area contributed by atoms with Crippen LogP contribution in [0.2, 0.25) is 0 Å². The van der Waals surface area contributed by atoms with E-state index in [1.807, 2.05) is 49.4 Å². The SMILES string of the molecule is COc1ccc(/C=N/Nc2n[nH]c(C)c2C(=O)NCCCc2ccccc2)cc1. The number of hydrogen-bond donors (Lipinski definition) is 3. The second-order valence-electron chi connectivity index (χ2n) is 6.56. The van der Waals surface area contributed by atoms with E-state index in [9.17, 15) is 4.79 Å². The molecule has 7 nitrogen and oxygen atoms in total. The zero-order chi connectivity index (χ0) is 20.5. The monoisotopic (exact) mass is 391 g/mol. The Morgan fingerprint density at radius 1 is 1.17 bits per heavy atom. The number of H-pyrrole nitrogens is 1. The first kappa shape index (κ1) is 20.1. The van der Waals surface area contributed by atoms with Crippen LogP contribution < -0.4 is 15.5 Å². The summed E-state index contributed by atoms with van der Waals surface area (Å²) in [6, 6.07) is 17.7. The van der Waals surface area contributed by atoms with Crippen LogP contribution in [0, 0.1) is 6.92 Å². The van der Waals surface area contributed by atoms with Crippen LogP contribution in [0.5, 0.6) is 5.75 Å². The van der Waals surface area contributed by atoms with Gasteiger partial charge in [-0.05, 0) is 55.2 Å². The number of aryl methyl sites for hydroxylation is 2. The summed E-state index contributed by atoms with van der Waals surface area (Å²) in [7, 11) is 1.62. The van der Waals surface area contributed by atoms with Crippen LogP contribution in [0.15, 0.2) is 59.7 Å². The van der Waals surface area contributed by atoms with Crippen molar-refractivity contribution >= 4 is 17.9 Å². The molecule has 1 amide bonds. The van der Waals surface area contributed by atoms with Crippen LogP contribution in [-0.4, -0.2) is 36.0 Å². The summed E-state index contributed by atoms with van der Waals surface area (Å²) >= 11 is 0. The fourth-order valence-corrected chi connectivity index (χ4v) is 2.87. The Balaban J connectivity index is 1.53. The molecular formula is C22H25N5O2. The van der Waals surface area contributed by atoms with Gasteiger partial charge in [-0.25, -0.2) is 0 Å². The van der Waals surface area contributed by atoms with E-state index in [-0.39, 0.29) is 5.91 Å². The predicted octanol–water partition coefficient (Wildman–Crippen LogP) is 3.54. The Labute approximate surface area is 170 Å². The molecule has 29 heavy (non-hydrogen) atoms. The summed E-state index contributed by atoms with van der Waals surface area (Å²) in [6.45, 7) is 2.40. The van der Waals surface area contributed by atoms with Crippen molar-refractivity contribution in [2.24, 2.45) is 5.10 Å². The summed E-state index contributed by atoms with van der Waals surface area (Å²) < 4.78 is 5.13. The Bertz CT molecular complexity index is 949. The third kappa shape index (κ3) is 5.68. The number of hydrazone groups is 1. The molecule has 0 radical (unpaired) electrons. The molecule has 0 saturated heterocycles. The first-order chi connectivity index (χ1) is 14.2. The van der Waals surface area contributed by atoms with E-state index in [2.05, 4.69) is 38.2 Å². The molecule has 0 aliphatic rings. The summed E-state index contributed by atoms with van der Waals surface area (Å²) in [5.74, 6) is 1.00. The summed E-state index contributed by atoms with van der Waals surface area (Å²) in [5, 5.41) is 14.1. The highest BCUT2D eigenvalue weighted by Crippen LogP contribution is 2.16. The van der Waals surface area contributed by atoms with Crippen molar-refractivity contribution in [1.29, 1.82) is 0 Å². The largest absolute Gasteiger partial charge is 0.497 e. The predicted molar refractivity (Wildman–Crippen MR) is 115 cm³/mol. The van der Waals surface area contributed by atoms with Crippen LogP contribution in [0.4, 0.5) is 5.82 Å². The molecule has 0 fully saturated rings. The zero-order valence-corrected chi connectivity index (χ0v) is 16.6. The lowest BCUT2D eigenvalue weighted by Gasteiger charge is -2.06. The Morgan fingerprint density at radius 3 is 2.66 bits per heavy atom. The number of anilines is 1. The Kier molecular flexibility index (Phi) is 7.00. The highest BCUT2D eigenvalue weighted by atomic mass is 16.5. The van der Waals surface area contributed by atoms with Gasteiger partial charge in [0.2, 0.25) is 0 Å². The smallest absolute Gasteiger partial charge is 0.257 e. The van der Waals surface area contributed by atoms with Crippen molar-refractivity contribution in [2.75, 3.05) is 19.1 Å². The Hall–Kier alpha value is -3.61. The van der Waals surface area contributed by atoms with E-state index in [1.165, 1.54) is 5.56 Å². The molecule has 0 spiro atoms. The van der Waals surface area contributed by atoms with Gasteiger partial charge in [0.15, 0.2) is 5.82 Å². The number of amides is 1. The second-order valence-corrected chi connectivity index (χ2v) is 6.56. The third-order valence-electron chi connectivity index (χ3n) is 4.44. The third-order valence-corrected chi connectivity index (χ3v) is 4.44. The van der Waals surface area contributed by atoms with E-state index < -0.39 is 0 Å². The molecular weight excluding hydrogens is 366 g/mol. The minimum atomic E-state index is -0.175. The number of rotatable bonds is 9. The molecule has 3 rings (SSSR count). The number of aromatic nitrogens is 2. The Morgan fingerprint density at radius 2 is 1.93 bits per heavy atom. The van der Waals surface area contributed by atoms with Crippen molar-refractivity contribution < 1.29 is 9.53 Å². The summed E-state index contributed by atoms with van der Waals surface area (Å²) in [6.07, 6.45) is 3.44. The molecule has 0 saturated carbocycles. The van der Waals surface area contributed by atoms with Gasteiger partial charge in [0.25, 0.3) is 5.91 Å². The number of benzene rings is 2. The molecule has 1 heterocycles. The lowest BCUT2D eigenvalue weighted by atomic mass is 10.1. The van der Waals surface area contributed by atoms with Crippen LogP contribution in [0.25, 0.3) is 0 Å². The van der Waals surface area contributed by atoms with Gasteiger partial charge in [-0.1, -0.05) is 30.3 Å². The van der Waals surface area contributed by atoms with Crippen molar-refractivity contribution in [3.8, 4) is 5.75 Å². The lowest BCUT2D eigenvalue weighted by Crippen LogP contribution is -2.25. The first-order valence-corrected chi connectivity index (χ1v) is 9.47. The number of hydrogen-bond acceptors (Lipinski definition) is 5. The van der Waals surface area contributed by atoms with Crippen LogP contribution in [0.1, 0.15) is 33.6 Å². The van der Waals surface area contributed by atoms with E-state index in [1.54, 1.807) is 13.3 Å². The summed E-state index contributed by atoms with van der Waals surface area (Å²) in [4.78, 5) is 12.6. The topological polar surface area (TPSA) is 91.4 Å². The highest BCUT2D eigenvalue weighted by molar-refractivity contribution is 6.00. The number of methoxy groups -OCH3 is 1. The van der Waals surface area contributed by atoms with Crippen molar-refractivity contribution in [3.05, 3.63) is 77.0 Å². The van der Waals surface area contributed by atoms with Crippen LogP contribution >= 0.6 is 0 Å². The maximum absolute atomic E-state index is 12.6. The second kappa shape index (κ2) is 10.1. The molecule has 3 aromatic rings. The van der Waals surface area contributed by atoms with Gasteiger partial charge in [-0.15, -0.1) is 0 Å². The molecule has 0 aliphatic carbocycles. The molecule has 0 unspecified atom stereocenters. The van der Waals surface area contributed by atoms with Crippen molar-refractivity contribution in [2.45, 2.75) is 19.8 Å². The fraction of sp³-hybridized carbons (Fsp3) is 0.227. The average Bonchev–Trinajstić information content (AvgIpc) is 3.12. The fourth-order valence-electron chi connectivity index (χ4n) is 2.87. The van der Waals surface area contributed by atoms with Crippen LogP contribution in [0.3, 0.4) is 0 Å². The number of nitrogens with one attached hydrogen (secondary N) is 3. The molecule has 7 heteroatoms. The number of carbonyl (C=O) groups excluding carboxylic acids is 1. The molecule has 0 bridgehead atoms. The van der Waals surface area contributed by atoms with E-state index >= 15 is 0 Å². The molecule has 2 aromatic carbocycles. The molecule has 3 N–H and O–H groups in total. The van der Waals surface area contributed by atoms with Gasteiger partial charge >= 0.3 is 0 Å². The number of nitrogens with zero attached hydrogens (tertiary/aromatic N) is 2. The van der Waals surface area contributed by atoms with Gasteiger partial charge in [0.05, 0.1) is 13.3 Å². The molecule has 0 aliphatic heterocycles. The van der Waals surface area contributed by atoms with E-state index in [0.29, 0.717) is 23.6 Å². The normalized spacial score (nSPS) is 10.8. The maximum Gasteiger partial charge on any atom is 0.257 e. The number of ether oxygens (including phenoxy) is 1. The minimum absolute atomic E-state index is 0.175. The zero-order valence-electron chi connectivity index (χ0n) is 16.6. The lowest BCUT2D eigenvalue weighted by molar-refractivity contribution is 0.0953. The average molecular weight is 391 g/mol. The standard InChI is InChI=1S/C22H25N5O2/c1-16-20(22(28)23-14-6-9-17-7-4-3-5-8-17)21(27-25-16)26-24-15-18-10-12-19(29-2)13-11-18/h3-5,7-8,10-13,15H,6,9,14H2,1-2H3,(H,23,28)(H2,25,26,27)/b24-15+. The first-order valence-electron chi connectivity index (χ1n) is 9.47. The molecule has 150 valence electrons. The summed E-state index contributed by atoms with van der Waals surface area (Å²) in [5.41, 5.74) is 6.16. The minimum Gasteiger partial charge on any atom is -0.497 e. The number of carbonyl (C=O) groups is 1. The van der Waals surface area contributed by atoms with Crippen LogP contribution in [-0.2, 0) is 6.42 Å².